The average molecular weight is 360 g/mol. The van der Waals surface area contributed by atoms with E-state index >= 15 is 0 Å². The highest BCUT2D eigenvalue weighted by molar-refractivity contribution is 14.1. The molecule has 1 aliphatic carbocycles. The molecule has 1 amide bonds. The molecule has 1 aromatic rings. The lowest BCUT2D eigenvalue weighted by Crippen LogP contribution is -2.29. The summed E-state index contributed by atoms with van der Waals surface area (Å²) in [6.07, 6.45) is 0.949. The molecular weight excluding hydrogens is 347 g/mol. The summed E-state index contributed by atoms with van der Waals surface area (Å²) < 4.78 is 0.717. The first-order valence-electron chi connectivity index (χ1n) is 5.56. The minimum absolute atomic E-state index is 0.0596. The van der Waals surface area contributed by atoms with Crippen LogP contribution in [0.1, 0.15) is 30.6 Å². The van der Waals surface area contributed by atoms with Crippen LogP contribution in [-0.4, -0.2) is 16.9 Å². The van der Waals surface area contributed by atoms with Gasteiger partial charge in [-0.2, -0.15) is 0 Å². The van der Waals surface area contributed by atoms with E-state index in [9.17, 15) is 14.9 Å². The van der Waals surface area contributed by atoms with Gasteiger partial charge in [0.2, 0.25) is 0 Å². The van der Waals surface area contributed by atoms with Crippen LogP contribution in [0.15, 0.2) is 18.2 Å². The first-order valence-corrected chi connectivity index (χ1v) is 6.64. The number of hydrogen-bond acceptors (Lipinski definition) is 3. The number of carbonyl (C=O) groups excluding carboxylic acids is 1. The van der Waals surface area contributed by atoms with Crippen molar-refractivity contribution in [1.29, 1.82) is 0 Å². The molecule has 0 aromatic heterocycles. The summed E-state index contributed by atoms with van der Waals surface area (Å²) in [5.74, 6) is -0.237. The number of benzene rings is 1. The largest absolute Gasteiger partial charge is 0.349 e. The molecule has 5 nitrogen and oxygen atoms in total. The van der Waals surface area contributed by atoms with Crippen molar-refractivity contribution in [3.05, 3.63) is 37.4 Å². The fraction of sp³-hybridized carbons (Fsp3) is 0.417. The Kier molecular flexibility index (Phi) is 3.31. The number of nitro groups is 1. The Morgan fingerprint density at radius 1 is 1.56 bits per heavy atom. The Bertz CT molecular complexity index is 528. The highest BCUT2D eigenvalue weighted by atomic mass is 127. The van der Waals surface area contributed by atoms with Gasteiger partial charge >= 0.3 is 0 Å². The van der Waals surface area contributed by atoms with Crippen molar-refractivity contribution in [2.75, 3.05) is 0 Å². The zero-order valence-electron chi connectivity index (χ0n) is 10.1. The summed E-state index contributed by atoms with van der Waals surface area (Å²) >= 11 is 2.01. The van der Waals surface area contributed by atoms with Gasteiger partial charge in [0.1, 0.15) is 0 Å². The van der Waals surface area contributed by atoms with Crippen LogP contribution in [0.3, 0.4) is 0 Å². The summed E-state index contributed by atoms with van der Waals surface area (Å²) in [5.41, 5.74) is 0.449. The second-order valence-corrected chi connectivity index (χ2v) is 6.30. The molecule has 1 N–H and O–H groups in total. The standard InChI is InChI=1S/C12H13IN2O3/c1-12(2)6-10(12)14-11(16)8-5-7(15(17)18)3-4-9(8)13/h3-5,10H,6H2,1-2H3,(H,14,16). The SMILES string of the molecule is CC1(C)CC1NC(=O)c1cc([N+](=O)[O-])ccc1I. The Morgan fingerprint density at radius 3 is 2.67 bits per heavy atom. The van der Waals surface area contributed by atoms with E-state index in [1.165, 1.54) is 12.1 Å². The van der Waals surface area contributed by atoms with Gasteiger partial charge in [-0.25, -0.2) is 0 Å². The van der Waals surface area contributed by atoms with Crippen LogP contribution in [-0.2, 0) is 0 Å². The van der Waals surface area contributed by atoms with Crippen molar-refractivity contribution in [3.8, 4) is 0 Å². The van der Waals surface area contributed by atoms with E-state index in [0.717, 1.165) is 6.42 Å². The third kappa shape index (κ3) is 2.63. The first kappa shape index (κ1) is 13.3. The zero-order chi connectivity index (χ0) is 13.5. The van der Waals surface area contributed by atoms with Gasteiger partial charge in [0, 0.05) is 21.7 Å². The van der Waals surface area contributed by atoms with E-state index < -0.39 is 4.92 Å². The third-order valence-electron chi connectivity index (χ3n) is 3.22. The van der Waals surface area contributed by atoms with Crippen LogP contribution in [0.2, 0.25) is 0 Å². The molecule has 1 fully saturated rings. The molecule has 1 aliphatic rings. The molecule has 0 heterocycles. The van der Waals surface area contributed by atoms with Crippen LogP contribution >= 0.6 is 22.6 Å². The van der Waals surface area contributed by atoms with E-state index in [1.54, 1.807) is 6.07 Å². The fourth-order valence-electron chi connectivity index (χ4n) is 1.75. The smallest absolute Gasteiger partial charge is 0.270 e. The van der Waals surface area contributed by atoms with Gasteiger partial charge < -0.3 is 5.32 Å². The molecule has 1 unspecified atom stereocenters. The molecular formula is C12H13IN2O3. The molecule has 1 aromatic carbocycles. The highest BCUT2D eigenvalue weighted by Crippen LogP contribution is 2.44. The first-order chi connectivity index (χ1) is 8.31. The van der Waals surface area contributed by atoms with Crippen LogP contribution in [0.4, 0.5) is 5.69 Å². The molecule has 0 spiro atoms. The van der Waals surface area contributed by atoms with Gasteiger partial charge in [0.05, 0.1) is 10.5 Å². The third-order valence-corrected chi connectivity index (χ3v) is 4.16. The number of carbonyl (C=O) groups is 1. The molecule has 0 saturated heterocycles. The summed E-state index contributed by atoms with van der Waals surface area (Å²) in [4.78, 5) is 22.2. The second-order valence-electron chi connectivity index (χ2n) is 5.14. The summed E-state index contributed by atoms with van der Waals surface area (Å²) in [7, 11) is 0. The van der Waals surface area contributed by atoms with E-state index in [2.05, 4.69) is 19.2 Å². The molecule has 6 heteroatoms. The van der Waals surface area contributed by atoms with E-state index in [-0.39, 0.29) is 23.1 Å². The highest BCUT2D eigenvalue weighted by Gasteiger charge is 2.46. The molecule has 0 radical (unpaired) electrons. The molecule has 0 bridgehead atoms. The maximum Gasteiger partial charge on any atom is 0.270 e. The average Bonchev–Trinajstić information content (AvgIpc) is 2.85. The lowest BCUT2D eigenvalue weighted by molar-refractivity contribution is -0.384. The topological polar surface area (TPSA) is 72.2 Å². The van der Waals surface area contributed by atoms with Gasteiger partial charge in [0.25, 0.3) is 11.6 Å². The van der Waals surface area contributed by atoms with Gasteiger partial charge in [-0.15, -0.1) is 0 Å². The van der Waals surface area contributed by atoms with Gasteiger partial charge in [-0.1, -0.05) is 13.8 Å². The number of rotatable bonds is 3. The van der Waals surface area contributed by atoms with Crippen LogP contribution in [0, 0.1) is 19.1 Å². The Morgan fingerprint density at radius 2 is 2.17 bits per heavy atom. The lowest BCUT2D eigenvalue weighted by atomic mass is 10.1. The molecule has 0 aliphatic heterocycles. The maximum absolute atomic E-state index is 12.0. The molecule has 18 heavy (non-hydrogen) atoms. The fourth-order valence-corrected chi connectivity index (χ4v) is 2.33. The normalized spacial score (nSPS) is 20.3. The second kappa shape index (κ2) is 4.49. The van der Waals surface area contributed by atoms with Crippen LogP contribution < -0.4 is 5.32 Å². The molecule has 1 saturated carbocycles. The van der Waals surface area contributed by atoms with Gasteiger partial charge in [-0.3, -0.25) is 14.9 Å². The molecule has 2 rings (SSSR count). The maximum atomic E-state index is 12.0. The van der Waals surface area contributed by atoms with E-state index in [0.29, 0.717) is 9.13 Å². The number of amides is 1. The van der Waals surface area contributed by atoms with E-state index in [4.69, 9.17) is 0 Å². The predicted molar refractivity (Wildman–Crippen MR) is 75.5 cm³/mol. The van der Waals surface area contributed by atoms with Crippen molar-refractivity contribution < 1.29 is 9.72 Å². The zero-order valence-corrected chi connectivity index (χ0v) is 12.2. The van der Waals surface area contributed by atoms with Crippen molar-refractivity contribution in [2.45, 2.75) is 26.3 Å². The number of hydrogen-bond donors (Lipinski definition) is 1. The Labute approximate surface area is 118 Å². The molecule has 1 atom stereocenters. The summed E-state index contributed by atoms with van der Waals surface area (Å²) in [6, 6.07) is 4.48. The lowest BCUT2D eigenvalue weighted by Gasteiger charge is -2.08. The number of nitro benzene ring substituents is 1. The van der Waals surface area contributed by atoms with Gasteiger partial charge in [-0.05, 0) is 40.5 Å². The summed E-state index contributed by atoms with van der Waals surface area (Å²) in [5, 5.41) is 13.6. The number of non-ortho nitro benzene ring substituents is 1. The summed E-state index contributed by atoms with van der Waals surface area (Å²) in [6.45, 7) is 4.16. The van der Waals surface area contributed by atoms with Crippen molar-refractivity contribution in [3.63, 3.8) is 0 Å². The number of nitrogens with zero attached hydrogens (tertiary/aromatic N) is 1. The number of nitrogens with one attached hydrogen (secondary N) is 1. The minimum atomic E-state index is -0.492. The van der Waals surface area contributed by atoms with E-state index in [1.807, 2.05) is 22.6 Å². The van der Waals surface area contributed by atoms with Crippen molar-refractivity contribution in [2.24, 2.45) is 5.41 Å². The van der Waals surface area contributed by atoms with Crippen LogP contribution in [0.25, 0.3) is 0 Å². The van der Waals surface area contributed by atoms with Crippen LogP contribution in [0.5, 0.6) is 0 Å². The van der Waals surface area contributed by atoms with Crippen molar-refractivity contribution in [1.82, 2.24) is 5.32 Å². The van der Waals surface area contributed by atoms with Crippen molar-refractivity contribution >= 4 is 34.2 Å². The number of halogens is 1. The Hall–Kier alpha value is -1.18. The quantitative estimate of drug-likeness (QED) is 0.512. The molecule has 96 valence electrons. The van der Waals surface area contributed by atoms with Gasteiger partial charge in [0.15, 0.2) is 0 Å². The Balaban J connectivity index is 2.19. The minimum Gasteiger partial charge on any atom is -0.349 e. The monoisotopic (exact) mass is 360 g/mol. The predicted octanol–water partition coefficient (Wildman–Crippen LogP) is 2.73.